The Labute approximate surface area is 175 Å². The minimum absolute atomic E-state index is 0.190. The van der Waals surface area contributed by atoms with E-state index in [0.29, 0.717) is 11.1 Å². The molecule has 1 fully saturated rings. The molecular weight excluding hydrogens is 386 g/mol. The van der Waals surface area contributed by atoms with Crippen LogP contribution in [0.5, 0.6) is 0 Å². The van der Waals surface area contributed by atoms with Crippen molar-refractivity contribution < 1.29 is 0 Å². The van der Waals surface area contributed by atoms with Gasteiger partial charge in [0.1, 0.15) is 10.7 Å². The van der Waals surface area contributed by atoms with Gasteiger partial charge in [0.15, 0.2) is 0 Å². The van der Waals surface area contributed by atoms with E-state index in [2.05, 4.69) is 46.4 Å². The predicted molar refractivity (Wildman–Crippen MR) is 120 cm³/mol. The van der Waals surface area contributed by atoms with Crippen LogP contribution in [0.15, 0.2) is 36.4 Å². The number of nitrogens with zero attached hydrogens (tertiary/aromatic N) is 1. The zero-order chi connectivity index (χ0) is 19.5. The lowest BCUT2D eigenvalue weighted by Gasteiger charge is -2.28. The second kappa shape index (κ2) is 8.53. The first-order chi connectivity index (χ1) is 13.7. The van der Waals surface area contributed by atoms with Gasteiger partial charge in [0.2, 0.25) is 0 Å². The van der Waals surface area contributed by atoms with Gasteiger partial charge < -0.3 is 11.1 Å². The summed E-state index contributed by atoms with van der Waals surface area (Å²) >= 11 is 8.16. The Morgan fingerprint density at radius 2 is 2.04 bits per heavy atom. The van der Waals surface area contributed by atoms with Gasteiger partial charge in [0, 0.05) is 29.4 Å². The van der Waals surface area contributed by atoms with Crippen LogP contribution in [0, 0.1) is 11.8 Å². The number of hydrogen-bond acceptors (Lipinski definition) is 4. The molecule has 3 aromatic rings. The lowest BCUT2D eigenvalue weighted by molar-refractivity contribution is 0.389. The van der Waals surface area contributed by atoms with Crippen LogP contribution in [0.4, 0.5) is 5.69 Å². The molecule has 0 radical (unpaired) electrons. The van der Waals surface area contributed by atoms with Crippen LogP contribution in [-0.4, -0.2) is 11.0 Å². The van der Waals surface area contributed by atoms with Gasteiger partial charge >= 0.3 is 0 Å². The fourth-order valence-corrected chi connectivity index (χ4v) is 5.56. The molecule has 1 aliphatic carbocycles. The van der Waals surface area contributed by atoms with Crippen LogP contribution in [0.1, 0.15) is 54.5 Å². The molecule has 0 bridgehead atoms. The van der Waals surface area contributed by atoms with Crippen molar-refractivity contribution in [3.05, 3.63) is 57.6 Å². The Kier molecular flexibility index (Phi) is 5.87. The molecule has 0 unspecified atom stereocenters. The van der Waals surface area contributed by atoms with Gasteiger partial charge in [-0.25, -0.2) is 4.98 Å². The summed E-state index contributed by atoms with van der Waals surface area (Å²) in [6, 6.07) is 12.5. The maximum absolute atomic E-state index is 6.50. The molecule has 28 heavy (non-hydrogen) atoms. The van der Waals surface area contributed by atoms with Crippen molar-refractivity contribution in [3.8, 4) is 11.8 Å². The van der Waals surface area contributed by atoms with E-state index in [1.54, 1.807) is 11.3 Å². The molecule has 2 atom stereocenters. The molecule has 1 saturated carbocycles. The minimum Gasteiger partial charge on any atom is -0.380 e. The Morgan fingerprint density at radius 1 is 1.25 bits per heavy atom. The summed E-state index contributed by atoms with van der Waals surface area (Å²) in [4.78, 5) is 5.92. The van der Waals surface area contributed by atoms with Crippen molar-refractivity contribution in [1.29, 1.82) is 0 Å². The monoisotopic (exact) mass is 409 g/mol. The third-order valence-corrected chi connectivity index (χ3v) is 6.91. The van der Waals surface area contributed by atoms with Crippen LogP contribution in [0.2, 0.25) is 5.15 Å². The number of fused-ring (bicyclic) bond motifs is 1. The highest BCUT2D eigenvalue weighted by Gasteiger charge is 2.29. The second-order valence-corrected chi connectivity index (χ2v) is 8.72. The summed E-state index contributed by atoms with van der Waals surface area (Å²) in [5.41, 5.74) is 10.6. The Balaban J connectivity index is 1.78. The number of anilines is 1. The number of hydrogen-bond donors (Lipinski definition) is 2. The molecule has 3 nitrogen and oxygen atoms in total. The molecule has 2 heterocycles. The van der Waals surface area contributed by atoms with Crippen LogP contribution < -0.4 is 11.1 Å². The number of benzene rings is 1. The highest BCUT2D eigenvalue weighted by atomic mass is 35.5. The standard InChI is InChI=1S/C23H24ClN3S/c1-2-8-17-21-23(28-22(17)16-11-6-7-12-18(16)25)19(13-20(24)27-21)26-14-15-9-4-3-5-10-15/h3-5,9-10,13,16,18H,6-7,11-12,14,25H2,1H3,(H,26,27)/t16-,18-/m0/s1. The Hall–Kier alpha value is -2.06. The first kappa shape index (κ1) is 19.3. The highest BCUT2D eigenvalue weighted by Crippen LogP contribution is 2.44. The average molecular weight is 410 g/mol. The maximum atomic E-state index is 6.50. The van der Waals surface area contributed by atoms with E-state index < -0.39 is 0 Å². The molecule has 2 aromatic heterocycles. The van der Waals surface area contributed by atoms with Crippen molar-refractivity contribution >= 4 is 38.8 Å². The molecular formula is C23H24ClN3S. The number of thiophene rings is 1. The molecule has 0 aliphatic heterocycles. The van der Waals surface area contributed by atoms with E-state index in [4.69, 9.17) is 17.3 Å². The van der Waals surface area contributed by atoms with E-state index in [0.717, 1.165) is 40.9 Å². The molecule has 0 saturated heterocycles. The van der Waals surface area contributed by atoms with Gasteiger partial charge in [0.25, 0.3) is 0 Å². The fraction of sp³-hybridized carbons (Fsp3) is 0.348. The quantitative estimate of drug-likeness (QED) is 0.415. The minimum atomic E-state index is 0.190. The highest BCUT2D eigenvalue weighted by molar-refractivity contribution is 7.20. The summed E-state index contributed by atoms with van der Waals surface area (Å²) in [5.74, 6) is 6.72. The zero-order valence-electron chi connectivity index (χ0n) is 16.0. The first-order valence-electron chi connectivity index (χ1n) is 9.76. The lowest BCUT2D eigenvalue weighted by atomic mass is 9.83. The number of aromatic nitrogens is 1. The van der Waals surface area contributed by atoms with Gasteiger partial charge in [-0.3, -0.25) is 0 Å². The van der Waals surface area contributed by atoms with Crippen molar-refractivity contribution in [3.63, 3.8) is 0 Å². The van der Waals surface area contributed by atoms with Gasteiger partial charge in [-0.05, 0) is 25.3 Å². The summed E-state index contributed by atoms with van der Waals surface area (Å²) in [5, 5.41) is 4.03. The van der Waals surface area contributed by atoms with Crippen LogP contribution in [0.3, 0.4) is 0 Å². The van der Waals surface area contributed by atoms with Crippen molar-refractivity contribution in [2.75, 3.05) is 5.32 Å². The van der Waals surface area contributed by atoms with Crippen LogP contribution in [0.25, 0.3) is 10.2 Å². The molecule has 0 amide bonds. The van der Waals surface area contributed by atoms with Gasteiger partial charge in [0.05, 0.1) is 16.0 Å². The molecule has 5 heteroatoms. The molecule has 1 aliphatic rings. The largest absolute Gasteiger partial charge is 0.380 e. The molecule has 1 aromatic carbocycles. The predicted octanol–water partition coefficient (Wildman–Crippen LogP) is 5.92. The number of nitrogens with two attached hydrogens (primary N) is 1. The normalized spacial score (nSPS) is 19.2. The number of halogens is 1. The summed E-state index contributed by atoms with van der Waals surface area (Å²) in [6.45, 7) is 2.61. The Morgan fingerprint density at radius 3 is 2.79 bits per heavy atom. The molecule has 3 N–H and O–H groups in total. The zero-order valence-corrected chi connectivity index (χ0v) is 17.5. The van der Waals surface area contributed by atoms with Gasteiger partial charge in [-0.1, -0.05) is 60.7 Å². The third-order valence-electron chi connectivity index (χ3n) is 5.37. The summed E-state index contributed by atoms with van der Waals surface area (Å²) < 4.78 is 1.12. The number of nitrogens with one attached hydrogen (secondary N) is 1. The topological polar surface area (TPSA) is 50.9 Å². The van der Waals surface area contributed by atoms with E-state index in [-0.39, 0.29) is 6.04 Å². The third kappa shape index (κ3) is 3.89. The summed E-state index contributed by atoms with van der Waals surface area (Å²) in [7, 11) is 0. The molecule has 4 rings (SSSR count). The Bertz CT molecular complexity index is 1030. The van der Waals surface area contributed by atoms with Crippen LogP contribution >= 0.6 is 22.9 Å². The first-order valence-corrected chi connectivity index (χ1v) is 11.0. The molecule has 144 valence electrons. The van der Waals surface area contributed by atoms with Gasteiger partial charge in [-0.15, -0.1) is 17.3 Å². The summed E-state index contributed by atoms with van der Waals surface area (Å²) in [6.07, 6.45) is 4.63. The SMILES string of the molecule is CC#Cc1c([C@H]2CCCC[C@@H]2N)sc2c(NCc3ccccc3)cc(Cl)nc12. The average Bonchev–Trinajstić information content (AvgIpc) is 3.06. The number of rotatable bonds is 4. The van der Waals surface area contributed by atoms with Crippen molar-refractivity contribution in [1.82, 2.24) is 4.98 Å². The van der Waals surface area contributed by atoms with Gasteiger partial charge in [-0.2, -0.15) is 0 Å². The second-order valence-electron chi connectivity index (χ2n) is 7.28. The van der Waals surface area contributed by atoms with Crippen molar-refractivity contribution in [2.24, 2.45) is 5.73 Å². The molecule has 0 spiro atoms. The van der Waals surface area contributed by atoms with E-state index in [9.17, 15) is 0 Å². The number of pyridine rings is 1. The fourth-order valence-electron chi connectivity index (χ4n) is 3.97. The van der Waals surface area contributed by atoms with Crippen molar-refractivity contribution in [2.45, 2.75) is 51.1 Å². The maximum Gasteiger partial charge on any atom is 0.131 e. The van der Waals surface area contributed by atoms with Crippen LogP contribution in [-0.2, 0) is 6.54 Å². The van der Waals surface area contributed by atoms with E-state index in [1.165, 1.54) is 23.3 Å². The van der Waals surface area contributed by atoms with E-state index in [1.807, 2.05) is 19.1 Å². The lowest BCUT2D eigenvalue weighted by Crippen LogP contribution is -2.31. The van der Waals surface area contributed by atoms with E-state index >= 15 is 0 Å². The smallest absolute Gasteiger partial charge is 0.131 e.